The summed E-state index contributed by atoms with van der Waals surface area (Å²) in [7, 11) is -4.06. The Morgan fingerprint density at radius 2 is 1.95 bits per heavy atom. The van der Waals surface area contributed by atoms with Crippen LogP contribution in [0.2, 0.25) is 5.02 Å². The second kappa shape index (κ2) is 9.67. The van der Waals surface area contributed by atoms with Gasteiger partial charge in [0.25, 0.3) is 5.91 Å². The molecule has 2 saturated carbocycles. The highest BCUT2D eigenvalue weighted by Gasteiger charge is 2.62. The Hall–Kier alpha value is -2.93. The lowest BCUT2D eigenvalue weighted by Crippen LogP contribution is -2.52. The topological polar surface area (TPSA) is 145 Å². The van der Waals surface area contributed by atoms with Crippen molar-refractivity contribution in [3.8, 4) is 0 Å². The summed E-state index contributed by atoms with van der Waals surface area (Å²) >= 11 is 6.28. The van der Waals surface area contributed by atoms with Crippen LogP contribution in [0.25, 0.3) is 0 Å². The molecule has 4 N–H and O–H groups in total. The van der Waals surface area contributed by atoms with Crippen molar-refractivity contribution in [2.45, 2.75) is 48.0 Å². The number of anilines is 1. The number of aromatic nitrogens is 3. The average Bonchev–Trinajstić information content (AvgIpc) is 3.44. The van der Waals surface area contributed by atoms with Gasteiger partial charge in [0.05, 0.1) is 15.2 Å². The van der Waals surface area contributed by atoms with E-state index in [2.05, 4.69) is 20.7 Å². The summed E-state index contributed by atoms with van der Waals surface area (Å²) in [6.07, 6.45) is 0.735. The standard InChI is InChI=1S/C25H25ClF2N4O5S/c1-12-6-14-8-16(10-17(12)25(14,35)23(33)21-11-29-32-31-21)38(36,37)22-7-13(2-4-18(22)26)24(34)30-15-3-5-19(27)20(28)9-15/h2-5,7,9,11-12,14,16-17,23,33,35H,6,8,10H2,1H3,(H,30,34)(H,29,31,32)/t12-,14?,16+,17?,23?,25+/m0/s1. The zero-order chi connectivity index (χ0) is 27.4. The first kappa shape index (κ1) is 26.7. The summed E-state index contributed by atoms with van der Waals surface area (Å²) in [6, 6.07) is 6.63. The van der Waals surface area contributed by atoms with Gasteiger partial charge in [-0.3, -0.25) is 9.89 Å². The van der Waals surface area contributed by atoms with Gasteiger partial charge in [-0.1, -0.05) is 23.7 Å². The van der Waals surface area contributed by atoms with E-state index in [1.807, 2.05) is 6.92 Å². The molecule has 2 fully saturated rings. The molecule has 1 aromatic heterocycles. The lowest BCUT2D eigenvalue weighted by molar-refractivity contribution is -0.149. The molecular weight excluding hydrogens is 542 g/mol. The number of amides is 1. The van der Waals surface area contributed by atoms with Gasteiger partial charge in [-0.25, -0.2) is 17.2 Å². The van der Waals surface area contributed by atoms with Gasteiger partial charge in [0, 0.05) is 23.5 Å². The summed E-state index contributed by atoms with van der Waals surface area (Å²) < 4.78 is 54.3. The van der Waals surface area contributed by atoms with Crippen LogP contribution in [0.5, 0.6) is 0 Å². The van der Waals surface area contributed by atoms with Crippen molar-refractivity contribution >= 4 is 33.0 Å². The van der Waals surface area contributed by atoms with Crippen LogP contribution in [0, 0.1) is 29.4 Å². The minimum absolute atomic E-state index is 0.00365. The number of rotatable bonds is 6. The number of nitrogens with one attached hydrogen (secondary N) is 2. The maximum absolute atomic E-state index is 13.8. The number of carbonyl (C=O) groups is 1. The maximum Gasteiger partial charge on any atom is 0.255 e. The van der Waals surface area contributed by atoms with Gasteiger partial charge in [0.2, 0.25) is 0 Å². The van der Waals surface area contributed by atoms with Crippen LogP contribution in [0.1, 0.15) is 48.3 Å². The lowest BCUT2D eigenvalue weighted by atomic mass is 9.69. The predicted molar refractivity (Wildman–Crippen MR) is 133 cm³/mol. The van der Waals surface area contributed by atoms with Crippen molar-refractivity contribution in [3.05, 3.63) is 70.5 Å². The van der Waals surface area contributed by atoms with Crippen LogP contribution < -0.4 is 5.32 Å². The fourth-order valence-electron chi connectivity index (χ4n) is 6.04. The van der Waals surface area contributed by atoms with Crippen LogP contribution in [0.3, 0.4) is 0 Å². The summed E-state index contributed by atoms with van der Waals surface area (Å²) in [5.74, 6) is -4.06. The number of aromatic amines is 1. The third kappa shape index (κ3) is 4.39. The van der Waals surface area contributed by atoms with Crippen molar-refractivity contribution in [1.29, 1.82) is 0 Å². The summed E-state index contributed by atoms with van der Waals surface area (Å²) in [5.41, 5.74) is -1.43. The van der Waals surface area contributed by atoms with E-state index in [0.717, 1.165) is 18.2 Å². The number of halogens is 3. The number of benzene rings is 2. The van der Waals surface area contributed by atoms with Gasteiger partial charge >= 0.3 is 0 Å². The van der Waals surface area contributed by atoms with E-state index in [1.165, 1.54) is 24.4 Å². The molecule has 0 spiro atoms. The Morgan fingerprint density at radius 1 is 1.18 bits per heavy atom. The highest BCUT2D eigenvalue weighted by Crippen LogP contribution is 2.58. The molecule has 2 aliphatic carbocycles. The highest BCUT2D eigenvalue weighted by atomic mass is 35.5. The maximum atomic E-state index is 13.8. The van der Waals surface area contributed by atoms with Gasteiger partial charge in [-0.2, -0.15) is 0 Å². The van der Waals surface area contributed by atoms with Crippen molar-refractivity contribution in [2.75, 3.05) is 5.32 Å². The highest BCUT2D eigenvalue weighted by molar-refractivity contribution is 7.92. The van der Waals surface area contributed by atoms with E-state index in [4.69, 9.17) is 11.6 Å². The minimum Gasteiger partial charge on any atom is -0.386 e. The van der Waals surface area contributed by atoms with E-state index in [9.17, 15) is 32.2 Å². The third-order valence-electron chi connectivity index (χ3n) is 7.93. The molecule has 1 amide bonds. The van der Waals surface area contributed by atoms with Gasteiger partial charge in [0.1, 0.15) is 17.4 Å². The number of hydrogen-bond acceptors (Lipinski definition) is 7. The molecule has 6 atom stereocenters. The molecule has 38 heavy (non-hydrogen) atoms. The smallest absolute Gasteiger partial charge is 0.255 e. The Labute approximate surface area is 222 Å². The van der Waals surface area contributed by atoms with Crippen molar-refractivity contribution in [1.82, 2.24) is 15.4 Å². The van der Waals surface area contributed by atoms with Crippen molar-refractivity contribution in [2.24, 2.45) is 17.8 Å². The van der Waals surface area contributed by atoms with Crippen LogP contribution >= 0.6 is 11.6 Å². The molecule has 2 aromatic carbocycles. The molecule has 5 rings (SSSR count). The number of aliphatic hydroxyl groups is 2. The fourth-order valence-corrected chi connectivity index (χ4v) is 8.42. The number of nitrogens with zero attached hydrogens (tertiary/aromatic N) is 2. The van der Waals surface area contributed by atoms with E-state index >= 15 is 0 Å². The molecule has 0 saturated heterocycles. The molecule has 0 aliphatic heterocycles. The second-order valence-electron chi connectivity index (χ2n) is 10.1. The van der Waals surface area contributed by atoms with Crippen LogP contribution in [-0.2, 0) is 9.84 Å². The Morgan fingerprint density at radius 3 is 2.61 bits per heavy atom. The monoisotopic (exact) mass is 566 g/mol. The largest absolute Gasteiger partial charge is 0.386 e. The quantitative estimate of drug-likeness (QED) is 0.356. The number of fused-ring (bicyclic) bond motifs is 2. The molecule has 3 aromatic rings. The summed E-state index contributed by atoms with van der Waals surface area (Å²) in [4.78, 5) is 12.5. The first-order valence-corrected chi connectivity index (χ1v) is 13.9. The van der Waals surface area contributed by atoms with Gasteiger partial charge in [-0.05, 0) is 67.3 Å². The molecule has 202 valence electrons. The van der Waals surface area contributed by atoms with Crippen molar-refractivity contribution in [3.63, 3.8) is 0 Å². The lowest BCUT2D eigenvalue weighted by Gasteiger charge is -2.45. The van der Waals surface area contributed by atoms with Crippen molar-refractivity contribution < 1.29 is 32.2 Å². The van der Waals surface area contributed by atoms with E-state index in [-0.39, 0.29) is 45.6 Å². The van der Waals surface area contributed by atoms with Crippen LogP contribution in [0.15, 0.2) is 47.5 Å². The SMILES string of the molecule is C[C@H]1CC2C[C@@H](S(=O)(=O)c3cc(C(=O)Nc4ccc(F)c(F)c4)ccc3Cl)CC1[C@@]2(O)C(O)c1c[nH]nn1. The fraction of sp³-hybridized carbons (Fsp3) is 0.400. The predicted octanol–water partition coefficient (Wildman–Crippen LogP) is 3.66. The van der Waals surface area contributed by atoms with E-state index < -0.39 is 56.2 Å². The van der Waals surface area contributed by atoms with Crippen LogP contribution in [0.4, 0.5) is 14.5 Å². The number of carbonyl (C=O) groups excluding carboxylic acids is 1. The van der Waals surface area contributed by atoms with E-state index in [0.29, 0.717) is 6.42 Å². The van der Waals surface area contributed by atoms with Gasteiger partial charge in [0.15, 0.2) is 21.5 Å². The molecule has 1 heterocycles. The number of sulfone groups is 1. The van der Waals surface area contributed by atoms with E-state index in [1.54, 1.807) is 0 Å². The second-order valence-corrected chi connectivity index (χ2v) is 12.7. The normalized spacial score (nSPS) is 27.7. The summed E-state index contributed by atoms with van der Waals surface area (Å²) in [6.45, 7) is 1.91. The molecule has 2 bridgehead atoms. The molecular formula is C25H25ClF2N4O5S. The average molecular weight is 567 g/mol. The zero-order valence-corrected chi connectivity index (χ0v) is 21.7. The Balaban J connectivity index is 1.41. The van der Waals surface area contributed by atoms with Gasteiger partial charge in [-0.15, -0.1) is 5.10 Å². The Bertz CT molecular complexity index is 1490. The number of hydrogen-bond donors (Lipinski definition) is 4. The zero-order valence-electron chi connectivity index (χ0n) is 20.1. The minimum atomic E-state index is -4.06. The molecule has 9 nitrogen and oxygen atoms in total. The van der Waals surface area contributed by atoms with Crippen LogP contribution in [-0.4, -0.2) is 50.8 Å². The number of aliphatic hydroxyl groups excluding tert-OH is 1. The summed E-state index contributed by atoms with van der Waals surface area (Å²) in [5, 5.41) is 34.0. The third-order valence-corrected chi connectivity index (χ3v) is 10.6. The molecule has 3 unspecified atom stereocenters. The first-order chi connectivity index (χ1) is 17.9. The molecule has 13 heteroatoms. The van der Waals surface area contributed by atoms with Gasteiger partial charge < -0.3 is 15.5 Å². The Kier molecular flexibility index (Phi) is 6.79. The first-order valence-electron chi connectivity index (χ1n) is 12.0. The molecule has 0 radical (unpaired) electrons. The number of H-pyrrole nitrogens is 1. The molecule has 2 aliphatic rings.